The smallest absolute Gasteiger partial charge is 0.202 e. The molecule has 0 saturated heterocycles. The minimum Gasteiger partial charge on any atom is -0.342 e. The van der Waals surface area contributed by atoms with E-state index in [1.165, 1.54) is 19.3 Å². The molecule has 0 atom stereocenters. The molecule has 4 rings (SSSR count). The highest BCUT2D eigenvalue weighted by Gasteiger charge is 2.49. The average molecular weight is 370 g/mol. The van der Waals surface area contributed by atoms with E-state index in [1.54, 1.807) is 0 Å². The quantitative estimate of drug-likeness (QED) is 0.692. The first-order valence-electron chi connectivity index (χ1n) is 8.70. The van der Waals surface area contributed by atoms with Gasteiger partial charge in [-0.2, -0.15) is 0 Å². The molecule has 1 spiro atoms. The third-order valence-electron chi connectivity index (χ3n) is 5.05. The zero-order valence-electron chi connectivity index (χ0n) is 13.9. The minimum absolute atomic E-state index is 0.199. The molecular formula is C20H20ClN3S. The van der Waals surface area contributed by atoms with E-state index in [2.05, 4.69) is 28.4 Å². The maximum absolute atomic E-state index is 6.24. The molecule has 5 heteroatoms. The largest absolute Gasteiger partial charge is 0.342 e. The first kappa shape index (κ1) is 16.6. The SMILES string of the molecule is S=C1N=C(Nc2ccccc2)C2(CCCCC2)N1c1cccc(Cl)c1. The van der Waals surface area contributed by atoms with E-state index in [-0.39, 0.29) is 5.54 Å². The Morgan fingerprint density at radius 2 is 1.76 bits per heavy atom. The van der Waals surface area contributed by atoms with Gasteiger partial charge in [0.1, 0.15) is 11.4 Å². The number of amidine groups is 1. The molecule has 1 N–H and O–H groups in total. The lowest BCUT2D eigenvalue weighted by molar-refractivity contribution is 0.386. The number of rotatable bonds is 2. The van der Waals surface area contributed by atoms with Gasteiger partial charge in [-0.05, 0) is 55.4 Å². The number of anilines is 2. The van der Waals surface area contributed by atoms with Gasteiger partial charge in [0.25, 0.3) is 0 Å². The monoisotopic (exact) mass is 369 g/mol. The van der Waals surface area contributed by atoms with E-state index >= 15 is 0 Å². The highest BCUT2D eigenvalue weighted by molar-refractivity contribution is 7.80. The van der Waals surface area contributed by atoms with Crippen LogP contribution in [-0.2, 0) is 0 Å². The second kappa shape index (κ2) is 6.77. The van der Waals surface area contributed by atoms with E-state index in [1.807, 2.05) is 36.4 Å². The van der Waals surface area contributed by atoms with Crippen molar-refractivity contribution in [3.63, 3.8) is 0 Å². The maximum Gasteiger partial charge on any atom is 0.202 e. The van der Waals surface area contributed by atoms with Gasteiger partial charge in [-0.25, -0.2) is 4.99 Å². The number of hydrogen-bond donors (Lipinski definition) is 1. The molecular weight excluding hydrogens is 350 g/mol. The Bertz CT molecular complexity index is 813. The Kier molecular flexibility index (Phi) is 4.48. The van der Waals surface area contributed by atoms with Crippen LogP contribution < -0.4 is 10.2 Å². The van der Waals surface area contributed by atoms with Gasteiger partial charge in [-0.1, -0.05) is 55.1 Å². The van der Waals surface area contributed by atoms with Crippen molar-refractivity contribution in [2.24, 2.45) is 4.99 Å². The molecule has 2 aromatic carbocycles. The summed E-state index contributed by atoms with van der Waals surface area (Å²) in [6, 6.07) is 18.1. The van der Waals surface area contributed by atoms with Crippen molar-refractivity contribution >= 4 is 46.1 Å². The molecule has 128 valence electrons. The Morgan fingerprint density at radius 1 is 1.00 bits per heavy atom. The fourth-order valence-corrected chi connectivity index (χ4v) is 4.47. The Hall–Kier alpha value is -1.91. The second-order valence-electron chi connectivity index (χ2n) is 6.64. The summed E-state index contributed by atoms with van der Waals surface area (Å²) in [5.41, 5.74) is 1.87. The molecule has 1 aliphatic carbocycles. The molecule has 1 saturated carbocycles. The third-order valence-corrected chi connectivity index (χ3v) is 5.56. The highest BCUT2D eigenvalue weighted by Crippen LogP contribution is 2.42. The van der Waals surface area contributed by atoms with Gasteiger partial charge in [0.05, 0.1) is 0 Å². The summed E-state index contributed by atoms with van der Waals surface area (Å²) in [7, 11) is 0. The van der Waals surface area contributed by atoms with Crippen molar-refractivity contribution in [1.29, 1.82) is 0 Å². The fraction of sp³-hybridized carbons (Fsp3) is 0.300. The molecule has 0 bridgehead atoms. The molecule has 1 fully saturated rings. The average Bonchev–Trinajstić information content (AvgIpc) is 2.87. The zero-order valence-corrected chi connectivity index (χ0v) is 15.5. The summed E-state index contributed by atoms with van der Waals surface area (Å²) in [6.45, 7) is 0. The van der Waals surface area contributed by atoms with Crippen LogP contribution in [0.5, 0.6) is 0 Å². The van der Waals surface area contributed by atoms with Crippen LogP contribution in [0.3, 0.4) is 0 Å². The topological polar surface area (TPSA) is 27.6 Å². The Morgan fingerprint density at radius 3 is 2.48 bits per heavy atom. The molecule has 25 heavy (non-hydrogen) atoms. The van der Waals surface area contributed by atoms with Crippen LogP contribution in [0, 0.1) is 0 Å². The van der Waals surface area contributed by atoms with E-state index < -0.39 is 0 Å². The van der Waals surface area contributed by atoms with Crippen molar-refractivity contribution < 1.29 is 0 Å². The van der Waals surface area contributed by atoms with Crippen molar-refractivity contribution in [2.75, 3.05) is 10.2 Å². The normalized spacial score (nSPS) is 19.2. The van der Waals surface area contributed by atoms with Crippen LogP contribution in [0.1, 0.15) is 32.1 Å². The highest BCUT2D eigenvalue weighted by atomic mass is 35.5. The van der Waals surface area contributed by atoms with Crippen LogP contribution in [0.2, 0.25) is 5.02 Å². The maximum atomic E-state index is 6.24. The molecule has 0 aromatic heterocycles. The summed E-state index contributed by atoms with van der Waals surface area (Å²) in [4.78, 5) is 6.98. The van der Waals surface area contributed by atoms with Crippen LogP contribution in [-0.4, -0.2) is 16.5 Å². The number of nitrogens with one attached hydrogen (secondary N) is 1. The molecule has 0 unspecified atom stereocenters. The molecule has 2 aliphatic rings. The lowest BCUT2D eigenvalue weighted by Crippen LogP contribution is -2.55. The first-order chi connectivity index (χ1) is 12.2. The van der Waals surface area contributed by atoms with E-state index in [0.717, 1.165) is 35.1 Å². The lowest BCUT2D eigenvalue weighted by atomic mass is 9.79. The van der Waals surface area contributed by atoms with Gasteiger partial charge in [-0.3, -0.25) is 0 Å². The van der Waals surface area contributed by atoms with Gasteiger partial charge in [0.15, 0.2) is 0 Å². The van der Waals surface area contributed by atoms with E-state index in [0.29, 0.717) is 5.11 Å². The molecule has 1 aliphatic heterocycles. The number of thiocarbonyl (C=S) groups is 1. The number of para-hydroxylation sites is 1. The van der Waals surface area contributed by atoms with Gasteiger partial charge < -0.3 is 10.2 Å². The molecule has 2 aromatic rings. The van der Waals surface area contributed by atoms with Gasteiger partial charge in [0, 0.05) is 16.4 Å². The molecule has 1 heterocycles. The number of hydrogen-bond acceptors (Lipinski definition) is 2. The fourth-order valence-electron chi connectivity index (χ4n) is 3.91. The predicted molar refractivity (Wildman–Crippen MR) is 110 cm³/mol. The summed E-state index contributed by atoms with van der Waals surface area (Å²) >= 11 is 11.9. The first-order valence-corrected chi connectivity index (χ1v) is 9.49. The third kappa shape index (κ3) is 3.05. The zero-order chi connectivity index (χ0) is 17.3. The Labute approximate surface area is 158 Å². The van der Waals surface area contributed by atoms with E-state index in [4.69, 9.17) is 28.8 Å². The van der Waals surface area contributed by atoms with Crippen LogP contribution in [0.25, 0.3) is 0 Å². The second-order valence-corrected chi connectivity index (χ2v) is 7.44. The summed E-state index contributed by atoms with van der Waals surface area (Å²) in [5.74, 6) is 0.961. The van der Waals surface area contributed by atoms with E-state index in [9.17, 15) is 0 Å². The standard InChI is InChI=1S/C20H20ClN3S/c21-15-8-7-11-17(14-15)24-19(25)23-18(20(24)12-5-2-6-13-20)22-16-9-3-1-4-10-16/h1,3-4,7-11,14H,2,5-6,12-13H2,(H,22,23,25). The summed E-state index contributed by atoms with van der Waals surface area (Å²) < 4.78 is 0. The number of halogens is 1. The number of benzene rings is 2. The number of aliphatic imine (C=N–C) groups is 1. The lowest BCUT2D eigenvalue weighted by Gasteiger charge is -2.42. The molecule has 0 radical (unpaired) electrons. The van der Waals surface area contributed by atoms with Gasteiger partial charge in [-0.15, -0.1) is 0 Å². The van der Waals surface area contributed by atoms with Crippen molar-refractivity contribution in [2.45, 2.75) is 37.6 Å². The summed E-state index contributed by atoms with van der Waals surface area (Å²) in [6.07, 6.45) is 5.69. The minimum atomic E-state index is -0.199. The number of nitrogens with zero attached hydrogens (tertiary/aromatic N) is 2. The van der Waals surface area contributed by atoms with Crippen LogP contribution in [0.4, 0.5) is 11.4 Å². The van der Waals surface area contributed by atoms with Crippen LogP contribution in [0.15, 0.2) is 59.6 Å². The molecule has 0 amide bonds. The van der Waals surface area contributed by atoms with Crippen molar-refractivity contribution in [1.82, 2.24) is 0 Å². The van der Waals surface area contributed by atoms with Crippen molar-refractivity contribution in [3.05, 3.63) is 59.6 Å². The van der Waals surface area contributed by atoms with Gasteiger partial charge >= 0.3 is 0 Å². The molecule has 3 nitrogen and oxygen atoms in total. The van der Waals surface area contributed by atoms with Gasteiger partial charge in [0.2, 0.25) is 5.11 Å². The summed E-state index contributed by atoms with van der Waals surface area (Å²) in [5, 5.41) is 4.87. The van der Waals surface area contributed by atoms with Crippen molar-refractivity contribution in [3.8, 4) is 0 Å². The van der Waals surface area contributed by atoms with Crippen LogP contribution >= 0.6 is 23.8 Å². The predicted octanol–water partition coefficient (Wildman–Crippen LogP) is 5.66. The Balaban J connectivity index is 1.74.